The fraction of sp³-hybridized carbons (Fsp3) is 0.941. The second-order valence-corrected chi connectivity index (χ2v) is 13.2. The molecule has 0 aromatic heterocycles. The summed E-state index contributed by atoms with van der Waals surface area (Å²) in [4.78, 5) is 12.6. The van der Waals surface area contributed by atoms with Gasteiger partial charge in [-0.2, -0.15) is 0 Å². The average molecular weight is 345 g/mol. The normalized spacial score (nSPS) is 14.2. The minimum Gasteiger partial charge on any atom is -0.518 e. The highest BCUT2D eigenvalue weighted by Gasteiger charge is 2.48. The molecule has 0 spiro atoms. The molecule has 130 valence electrons. The van der Waals surface area contributed by atoms with Crippen LogP contribution in [0.4, 0.5) is 0 Å². The molecule has 3 nitrogen and oxygen atoms in total. The molecule has 1 unspecified atom stereocenters. The first kappa shape index (κ1) is 21.9. The lowest BCUT2D eigenvalue weighted by atomic mass is 10.2. The van der Waals surface area contributed by atoms with Crippen molar-refractivity contribution in [1.29, 1.82) is 0 Å². The van der Waals surface area contributed by atoms with Crippen molar-refractivity contribution in [2.75, 3.05) is 0 Å². The molecule has 0 saturated heterocycles. The summed E-state index contributed by atoms with van der Waals surface area (Å²) >= 11 is 0. The van der Waals surface area contributed by atoms with Crippen LogP contribution in [0.2, 0.25) is 23.2 Å². The number of hydrogen-bond acceptors (Lipinski definition) is 3. The van der Waals surface area contributed by atoms with Crippen LogP contribution < -0.4 is 0 Å². The topological polar surface area (TPSA) is 35.5 Å². The van der Waals surface area contributed by atoms with Crippen LogP contribution in [0.25, 0.3) is 0 Å². The van der Waals surface area contributed by atoms with Crippen molar-refractivity contribution in [3.63, 3.8) is 0 Å². The van der Waals surface area contributed by atoms with Crippen LogP contribution in [-0.2, 0) is 13.6 Å². The summed E-state index contributed by atoms with van der Waals surface area (Å²) in [7, 11) is -1.70. The number of carbonyl (C=O) groups is 1. The predicted octanol–water partition coefficient (Wildman–Crippen LogP) is 5.19. The molecular weight excluding hydrogens is 308 g/mol. The second-order valence-electron chi connectivity index (χ2n) is 7.58. The van der Waals surface area contributed by atoms with E-state index in [2.05, 4.69) is 34.6 Å². The third-order valence-corrected chi connectivity index (χ3v) is 11.4. The third kappa shape index (κ3) is 6.96. The SMILES string of the molecule is CCC[Si](CCC)(OC(=O)C(C)C[Si]OC(C)C)C(C)(C)C. The Balaban J connectivity index is 4.87. The summed E-state index contributed by atoms with van der Waals surface area (Å²) in [6.07, 6.45) is 2.40. The van der Waals surface area contributed by atoms with Crippen molar-refractivity contribution in [3.8, 4) is 0 Å². The molecule has 22 heavy (non-hydrogen) atoms. The van der Waals surface area contributed by atoms with Gasteiger partial charge in [0.2, 0.25) is 9.76 Å². The number of hydrogen-bond donors (Lipinski definition) is 0. The van der Waals surface area contributed by atoms with E-state index in [0.717, 1.165) is 31.0 Å². The van der Waals surface area contributed by atoms with Crippen molar-refractivity contribution in [2.45, 2.75) is 97.5 Å². The van der Waals surface area contributed by atoms with Gasteiger partial charge in [-0.1, -0.05) is 54.4 Å². The van der Waals surface area contributed by atoms with Crippen LogP contribution in [0, 0.1) is 5.92 Å². The minimum atomic E-state index is -2.07. The quantitative estimate of drug-likeness (QED) is 0.511. The van der Waals surface area contributed by atoms with Crippen molar-refractivity contribution < 1.29 is 13.6 Å². The maximum Gasteiger partial charge on any atom is 0.295 e. The first-order chi connectivity index (χ1) is 10.1. The molecule has 0 N–H and O–H groups in total. The second kappa shape index (κ2) is 9.88. The standard InChI is InChI=1S/C17H36O3Si2/c1-9-11-22(12-10-2,17(6,7)8)20-16(18)15(5)13-21-19-14(3)4/h14-15H,9-13H2,1-8H3. The minimum absolute atomic E-state index is 0.0108. The zero-order chi connectivity index (χ0) is 17.4. The molecule has 0 aliphatic rings. The summed E-state index contributed by atoms with van der Waals surface area (Å²) < 4.78 is 11.8. The highest BCUT2D eigenvalue weighted by Crippen LogP contribution is 2.44. The van der Waals surface area contributed by atoms with Gasteiger partial charge in [-0.25, -0.2) is 0 Å². The molecule has 0 heterocycles. The van der Waals surface area contributed by atoms with E-state index in [1.807, 2.05) is 20.8 Å². The van der Waals surface area contributed by atoms with Crippen molar-refractivity contribution in [3.05, 3.63) is 0 Å². The molecule has 2 radical (unpaired) electrons. The van der Waals surface area contributed by atoms with Gasteiger partial charge in [-0.05, 0) is 37.0 Å². The summed E-state index contributed by atoms with van der Waals surface area (Å²) in [6, 6.07) is 2.89. The molecule has 0 aromatic carbocycles. The highest BCUT2D eigenvalue weighted by atomic mass is 28.4. The van der Waals surface area contributed by atoms with E-state index in [1.54, 1.807) is 0 Å². The lowest BCUT2D eigenvalue weighted by Crippen LogP contribution is -2.49. The Labute approximate surface area is 141 Å². The van der Waals surface area contributed by atoms with Gasteiger partial charge in [0.25, 0.3) is 14.3 Å². The van der Waals surface area contributed by atoms with E-state index in [-0.39, 0.29) is 23.0 Å². The smallest absolute Gasteiger partial charge is 0.295 e. The molecule has 5 heteroatoms. The van der Waals surface area contributed by atoms with E-state index in [0.29, 0.717) is 9.76 Å². The summed E-state index contributed by atoms with van der Waals surface area (Å²) in [5.74, 6) is -0.0802. The van der Waals surface area contributed by atoms with Crippen molar-refractivity contribution in [1.82, 2.24) is 0 Å². The highest BCUT2D eigenvalue weighted by molar-refractivity contribution is 6.78. The lowest BCUT2D eigenvalue weighted by molar-refractivity contribution is -0.139. The van der Waals surface area contributed by atoms with Gasteiger partial charge in [-0.15, -0.1) is 0 Å². The molecule has 0 saturated carbocycles. The average Bonchev–Trinajstić information content (AvgIpc) is 2.37. The monoisotopic (exact) mass is 344 g/mol. The Hall–Kier alpha value is -0.136. The predicted molar refractivity (Wildman–Crippen MR) is 97.7 cm³/mol. The fourth-order valence-corrected chi connectivity index (χ4v) is 7.96. The van der Waals surface area contributed by atoms with E-state index >= 15 is 0 Å². The molecular formula is C17H36O3Si2. The van der Waals surface area contributed by atoms with E-state index in [1.165, 1.54) is 0 Å². The van der Waals surface area contributed by atoms with Crippen LogP contribution >= 0.6 is 0 Å². The fourth-order valence-electron chi connectivity index (χ4n) is 2.65. The van der Waals surface area contributed by atoms with Gasteiger partial charge >= 0.3 is 0 Å². The summed E-state index contributed by atoms with van der Waals surface area (Å²) in [5.41, 5.74) is 0. The third-order valence-electron chi connectivity index (χ3n) is 4.08. The molecule has 0 rings (SSSR count). The van der Waals surface area contributed by atoms with Gasteiger partial charge in [0, 0.05) is 6.10 Å². The van der Waals surface area contributed by atoms with Crippen LogP contribution in [0.15, 0.2) is 0 Å². The molecule has 0 aromatic rings. The zero-order valence-electron chi connectivity index (χ0n) is 15.9. The molecule has 0 amide bonds. The van der Waals surface area contributed by atoms with E-state index < -0.39 is 8.32 Å². The van der Waals surface area contributed by atoms with Crippen LogP contribution in [0.3, 0.4) is 0 Å². The number of carbonyl (C=O) groups excluding carboxylic acids is 1. The summed E-state index contributed by atoms with van der Waals surface area (Å²) in [6.45, 7) is 17.1. The number of rotatable bonds is 10. The van der Waals surface area contributed by atoms with Gasteiger partial charge < -0.3 is 8.85 Å². The summed E-state index contributed by atoms with van der Waals surface area (Å²) in [5, 5.41) is 0.0884. The first-order valence-corrected chi connectivity index (χ1v) is 12.1. The van der Waals surface area contributed by atoms with Gasteiger partial charge in [0.05, 0.1) is 5.92 Å². The van der Waals surface area contributed by atoms with E-state index in [9.17, 15) is 4.79 Å². The largest absolute Gasteiger partial charge is 0.518 e. The molecule has 0 fully saturated rings. The van der Waals surface area contributed by atoms with Gasteiger partial charge in [0.15, 0.2) is 0 Å². The van der Waals surface area contributed by atoms with Crippen molar-refractivity contribution >= 4 is 24.0 Å². The Bertz CT molecular complexity index is 318. The van der Waals surface area contributed by atoms with Gasteiger partial charge in [0.1, 0.15) is 0 Å². The molecule has 1 atom stereocenters. The Morgan fingerprint density at radius 2 is 1.59 bits per heavy atom. The van der Waals surface area contributed by atoms with Crippen molar-refractivity contribution in [2.24, 2.45) is 5.92 Å². The Morgan fingerprint density at radius 1 is 1.09 bits per heavy atom. The van der Waals surface area contributed by atoms with Crippen LogP contribution in [-0.4, -0.2) is 30.2 Å². The first-order valence-electron chi connectivity index (χ1n) is 8.71. The van der Waals surface area contributed by atoms with E-state index in [4.69, 9.17) is 8.85 Å². The molecule has 0 bridgehead atoms. The van der Waals surface area contributed by atoms with Crippen LogP contribution in [0.1, 0.15) is 68.2 Å². The zero-order valence-corrected chi connectivity index (χ0v) is 17.9. The Morgan fingerprint density at radius 3 is 1.95 bits per heavy atom. The molecule has 0 aliphatic heterocycles. The lowest BCUT2D eigenvalue weighted by Gasteiger charge is -2.42. The molecule has 0 aliphatic carbocycles. The maximum absolute atomic E-state index is 12.6. The van der Waals surface area contributed by atoms with Crippen LogP contribution in [0.5, 0.6) is 0 Å². The Kier molecular flexibility index (Phi) is 9.82. The maximum atomic E-state index is 12.6. The van der Waals surface area contributed by atoms with Gasteiger partial charge in [-0.3, -0.25) is 4.79 Å².